The van der Waals surface area contributed by atoms with E-state index < -0.39 is 5.41 Å². The highest BCUT2D eigenvalue weighted by molar-refractivity contribution is 5.88. The van der Waals surface area contributed by atoms with Crippen LogP contribution in [0.2, 0.25) is 0 Å². The van der Waals surface area contributed by atoms with Gasteiger partial charge in [0.25, 0.3) is 0 Å². The number of ketones is 1. The van der Waals surface area contributed by atoms with E-state index in [9.17, 15) is 9.59 Å². The van der Waals surface area contributed by atoms with Crippen molar-refractivity contribution in [2.24, 2.45) is 22.7 Å². The number of esters is 1. The Balaban J connectivity index is 1.74. The molecule has 4 atom stereocenters. The van der Waals surface area contributed by atoms with Crippen molar-refractivity contribution in [1.29, 1.82) is 0 Å². The third-order valence-electron chi connectivity index (χ3n) is 5.81. The molecular formula is C16H24O4. The van der Waals surface area contributed by atoms with Crippen molar-refractivity contribution >= 4 is 11.8 Å². The zero-order valence-corrected chi connectivity index (χ0v) is 12.6. The van der Waals surface area contributed by atoms with Gasteiger partial charge in [-0.2, -0.15) is 0 Å². The highest BCUT2D eigenvalue weighted by Crippen LogP contribution is 2.59. The second kappa shape index (κ2) is 4.55. The van der Waals surface area contributed by atoms with E-state index in [1.165, 1.54) is 0 Å². The first-order valence-corrected chi connectivity index (χ1v) is 7.71. The van der Waals surface area contributed by atoms with Crippen LogP contribution < -0.4 is 0 Å². The SMILES string of the molecule is CCC(C)(C)C(=O)OC1CC2CC1C1(COCC1=O)C2. The summed E-state index contributed by atoms with van der Waals surface area (Å²) in [5.74, 6) is 0.798. The fourth-order valence-corrected chi connectivity index (χ4v) is 4.12. The van der Waals surface area contributed by atoms with Crippen molar-refractivity contribution in [1.82, 2.24) is 0 Å². The molecule has 0 aromatic heterocycles. The van der Waals surface area contributed by atoms with Crippen LogP contribution in [0.5, 0.6) is 0 Å². The zero-order chi connectivity index (χ0) is 14.5. The van der Waals surface area contributed by atoms with Gasteiger partial charge in [-0.1, -0.05) is 6.92 Å². The van der Waals surface area contributed by atoms with Crippen LogP contribution in [0.1, 0.15) is 46.5 Å². The number of ether oxygens (including phenoxy) is 2. The molecule has 4 heteroatoms. The van der Waals surface area contributed by atoms with Gasteiger partial charge in [0.05, 0.1) is 17.4 Å². The minimum atomic E-state index is -0.439. The molecule has 2 aliphatic carbocycles. The van der Waals surface area contributed by atoms with Gasteiger partial charge in [-0.15, -0.1) is 0 Å². The number of fused-ring (bicyclic) bond motifs is 3. The minimum absolute atomic E-state index is 0.0854. The third kappa shape index (κ3) is 1.92. The van der Waals surface area contributed by atoms with Crippen LogP contribution in [0.4, 0.5) is 0 Å². The molecule has 1 aliphatic heterocycles. The van der Waals surface area contributed by atoms with Crippen LogP contribution in [0.15, 0.2) is 0 Å². The molecule has 112 valence electrons. The number of carbonyl (C=O) groups excluding carboxylic acids is 2. The molecule has 3 aliphatic rings. The molecule has 0 aromatic carbocycles. The van der Waals surface area contributed by atoms with E-state index in [0.29, 0.717) is 12.5 Å². The third-order valence-corrected chi connectivity index (χ3v) is 5.81. The van der Waals surface area contributed by atoms with Crippen molar-refractivity contribution in [3.63, 3.8) is 0 Å². The van der Waals surface area contributed by atoms with Crippen molar-refractivity contribution in [2.45, 2.75) is 52.6 Å². The second-order valence-corrected chi connectivity index (χ2v) is 7.40. The van der Waals surface area contributed by atoms with Gasteiger partial charge in [0.2, 0.25) is 0 Å². The van der Waals surface area contributed by atoms with E-state index in [1.807, 2.05) is 20.8 Å². The molecule has 0 N–H and O–H groups in total. The maximum Gasteiger partial charge on any atom is 0.311 e. The van der Waals surface area contributed by atoms with Gasteiger partial charge in [0, 0.05) is 5.92 Å². The summed E-state index contributed by atoms with van der Waals surface area (Å²) >= 11 is 0. The van der Waals surface area contributed by atoms with Gasteiger partial charge in [-0.25, -0.2) is 0 Å². The fourth-order valence-electron chi connectivity index (χ4n) is 4.12. The Labute approximate surface area is 120 Å². The molecule has 3 rings (SSSR count). The first kappa shape index (κ1) is 14.1. The lowest BCUT2D eigenvalue weighted by Gasteiger charge is -2.36. The van der Waals surface area contributed by atoms with Crippen LogP contribution in [-0.2, 0) is 19.1 Å². The molecule has 0 amide bonds. The normalized spacial score (nSPS) is 39.8. The van der Waals surface area contributed by atoms with Gasteiger partial charge in [0.1, 0.15) is 12.7 Å². The number of Topliss-reactive ketones (excluding diaryl/α,β-unsaturated/α-hetero) is 1. The molecule has 3 fully saturated rings. The first-order chi connectivity index (χ1) is 9.39. The molecular weight excluding hydrogens is 256 g/mol. The predicted octanol–water partition coefficient (Wildman–Crippen LogP) is 2.35. The number of rotatable bonds is 3. The summed E-state index contributed by atoms with van der Waals surface area (Å²) in [6.45, 7) is 6.60. The van der Waals surface area contributed by atoms with Crippen molar-refractivity contribution < 1.29 is 19.1 Å². The van der Waals surface area contributed by atoms with Gasteiger partial charge in [-0.3, -0.25) is 9.59 Å². The number of hydrogen-bond donors (Lipinski definition) is 0. The van der Waals surface area contributed by atoms with E-state index in [-0.39, 0.29) is 35.8 Å². The molecule has 1 saturated heterocycles. The second-order valence-electron chi connectivity index (χ2n) is 7.40. The summed E-state index contributed by atoms with van der Waals surface area (Å²) in [6, 6.07) is 0. The Kier molecular flexibility index (Phi) is 3.20. The van der Waals surface area contributed by atoms with Gasteiger partial charge in [-0.05, 0) is 45.4 Å². The summed E-state index contributed by atoms with van der Waals surface area (Å²) in [5, 5.41) is 0. The average molecular weight is 280 g/mol. The fraction of sp³-hybridized carbons (Fsp3) is 0.875. The molecule has 1 spiro atoms. The smallest absolute Gasteiger partial charge is 0.311 e. The maximum atomic E-state index is 12.3. The Bertz CT molecular complexity index is 442. The lowest BCUT2D eigenvalue weighted by atomic mass is 9.70. The summed E-state index contributed by atoms with van der Waals surface area (Å²) in [7, 11) is 0. The quantitative estimate of drug-likeness (QED) is 0.745. The van der Waals surface area contributed by atoms with Crippen LogP contribution in [0.25, 0.3) is 0 Å². The molecule has 4 nitrogen and oxygen atoms in total. The Morgan fingerprint density at radius 2 is 2.20 bits per heavy atom. The highest BCUT2D eigenvalue weighted by atomic mass is 16.5. The monoisotopic (exact) mass is 280 g/mol. The van der Waals surface area contributed by atoms with Crippen LogP contribution >= 0.6 is 0 Å². The Hall–Kier alpha value is -0.900. The standard InChI is InChI=1S/C16H24O4/c1-4-15(2,3)14(18)20-12-6-10-5-11(12)16(7-10)9-19-8-13(16)17/h10-12H,4-9H2,1-3H3. The average Bonchev–Trinajstić information content (AvgIpc) is 3.06. The van der Waals surface area contributed by atoms with Crippen LogP contribution in [-0.4, -0.2) is 31.1 Å². The van der Waals surface area contributed by atoms with E-state index in [2.05, 4.69) is 0 Å². The summed E-state index contributed by atoms with van der Waals surface area (Å²) in [4.78, 5) is 24.5. The molecule has 2 bridgehead atoms. The van der Waals surface area contributed by atoms with Crippen LogP contribution in [0.3, 0.4) is 0 Å². The Morgan fingerprint density at radius 1 is 1.45 bits per heavy atom. The summed E-state index contributed by atoms with van der Waals surface area (Å²) < 4.78 is 11.2. The van der Waals surface area contributed by atoms with Gasteiger partial charge >= 0.3 is 5.97 Å². The van der Waals surface area contributed by atoms with Gasteiger partial charge in [0.15, 0.2) is 5.78 Å². The molecule has 0 aromatic rings. The molecule has 20 heavy (non-hydrogen) atoms. The van der Waals surface area contributed by atoms with Crippen molar-refractivity contribution in [3.8, 4) is 0 Å². The summed E-state index contributed by atoms with van der Waals surface area (Å²) in [5.41, 5.74) is -0.782. The Morgan fingerprint density at radius 3 is 2.75 bits per heavy atom. The lowest BCUT2D eigenvalue weighted by molar-refractivity contribution is -0.166. The number of carbonyl (C=O) groups is 2. The molecule has 0 radical (unpaired) electrons. The predicted molar refractivity (Wildman–Crippen MR) is 73.0 cm³/mol. The van der Waals surface area contributed by atoms with Crippen molar-refractivity contribution in [3.05, 3.63) is 0 Å². The van der Waals surface area contributed by atoms with E-state index in [0.717, 1.165) is 25.7 Å². The zero-order valence-electron chi connectivity index (χ0n) is 12.6. The van der Waals surface area contributed by atoms with Crippen LogP contribution in [0, 0.1) is 22.7 Å². The summed E-state index contributed by atoms with van der Waals surface area (Å²) in [6.07, 6.45) is 3.55. The molecule has 2 saturated carbocycles. The first-order valence-electron chi connectivity index (χ1n) is 7.71. The lowest BCUT2D eigenvalue weighted by Crippen LogP contribution is -2.44. The largest absolute Gasteiger partial charge is 0.462 e. The van der Waals surface area contributed by atoms with Gasteiger partial charge < -0.3 is 9.47 Å². The molecule has 1 heterocycles. The number of hydrogen-bond acceptors (Lipinski definition) is 4. The van der Waals surface area contributed by atoms with E-state index in [4.69, 9.17) is 9.47 Å². The molecule has 4 unspecified atom stereocenters. The van der Waals surface area contributed by atoms with E-state index >= 15 is 0 Å². The topological polar surface area (TPSA) is 52.6 Å². The maximum absolute atomic E-state index is 12.3. The minimum Gasteiger partial charge on any atom is -0.462 e. The van der Waals surface area contributed by atoms with E-state index in [1.54, 1.807) is 0 Å². The highest BCUT2D eigenvalue weighted by Gasteiger charge is 2.62. The van der Waals surface area contributed by atoms with Crippen molar-refractivity contribution in [2.75, 3.05) is 13.2 Å².